The van der Waals surface area contributed by atoms with Crippen molar-refractivity contribution in [1.82, 2.24) is 19.5 Å². The van der Waals surface area contributed by atoms with Crippen molar-refractivity contribution in [3.05, 3.63) is 35.0 Å². The molecule has 2 N–H and O–H groups in total. The van der Waals surface area contributed by atoms with E-state index in [0.29, 0.717) is 42.0 Å². The van der Waals surface area contributed by atoms with Gasteiger partial charge < -0.3 is 24.5 Å². The van der Waals surface area contributed by atoms with Crippen molar-refractivity contribution in [1.29, 1.82) is 0 Å². The Balaban J connectivity index is 1.37. The predicted molar refractivity (Wildman–Crippen MR) is 130 cm³/mol. The molecule has 5 atom stereocenters. The molecule has 3 fully saturated rings. The van der Waals surface area contributed by atoms with Crippen molar-refractivity contribution in [2.75, 3.05) is 11.9 Å². The van der Waals surface area contributed by atoms with Crippen LogP contribution in [-0.2, 0) is 9.47 Å². The van der Waals surface area contributed by atoms with E-state index in [4.69, 9.17) is 21.1 Å². The smallest absolute Gasteiger partial charge is 0.248 e. The van der Waals surface area contributed by atoms with Gasteiger partial charge in [0.2, 0.25) is 11.9 Å². The second-order valence-corrected chi connectivity index (χ2v) is 10.8. The van der Waals surface area contributed by atoms with Gasteiger partial charge in [0.1, 0.15) is 23.5 Å². The van der Waals surface area contributed by atoms with Gasteiger partial charge in [0, 0.05) is 36.8 Å². The molecule has 2 aromatic heterocycles. The van der Waals surface area contributed by atoms with Gasteiger partial charge in [0.25, 0.3) is 0 Å². The summed E-state index contributed by atoms with van der Waals surface area (Å²) in [7, 11) is 0. The number of alkyl halides is 2. The molecule has 6 rings (SSSR count). The van der Waals surface area contributed by atoms with Crippen LogP contribution in [0.4, 0.5) is 19.1 Å². The molecule has 12 heteroatoms. The summed E-state index contributed by atoms with van der Waals surface area (Å²) in [6.07, 6.45) is -0.00692. The van der Waals surface area contributed by atoms with Crippen LogP contribution in [0.5, 0.6) is 0 Å². The Morgan fingerprint density at radius 3 is 2.81 bits per heavy atom. The van der Waals surface area contributed by atoms with Gasteiger partial charge in [-0.05, 0) is 32.4 Å². The number of halogens is 4. The van der Waals surface area contributed by atoms with Gasteiger partial charge in [-0.3, -0.25) is 0 Å². The molecule has 2 aliphatic heterocycles. The zero-order valence-corrected chi connectivity index (χ0v) is 21.1. The fourth-order valence-corrected chi connectivity index (χ4v) is 5.84. The lowest BCUT2D eigenvalue weighted by Gasteiger charge is -2.32. The zero-order valence-electron chi connectivity index (χ0n) is 20.3. The molecule has 1 aliphatic carbocycles. The minimum atomic E-state index is -2.74. The number of anilines is 1. The van der Waals surface area contributed by atoms with Crippen molar-refractivity contribution >= 4 is 28.6 Å². The molecule has 0 amide bonds. The summed E-state index contributed by atoms with van der Waals surface area (Å²) in [5.74, 6) is -3.08. The third-order valence-corrected chi connectivity index (χ3v) is 7.68. The van der Waals surface area contributed by atoms with Gasteiger partial charge in [-0.25, -0.2) is 28.1 Å². The van der Waals surface area contributed by atoms with Gasteiger partial charge in [-0.1, -0.05) is 11.6 Å². The highest BCUT2D eigenvalue weighted by molar-refractivity contribution is 6.33. The summed E-state index contributed by atoms with van der Waals surface area (Å²) in [5.41, 5.74) is 1.33. The number of aliphatic hydroxyl groups excluding tert-OH is 1. The van der Waals surface area contributed by atoms with Crippen molar-refractivity contribution in [3.8, 4) is 11.3 Å². The number of hydrogen-bond acceptors (Lipinski definition) is 7. The van der Waals surface area contributed by atoms with Crippen LogP contribution in [0.3, 0.4) is 0 Å². The maximum atomic E-state index is 15.4. The van der Waals surface area contributed by atoms with E-state index in [0.717, 1.165) is 0 Å². The van der Waals surface area contributed by atoms with Gasteiger partial charge >= 0.3 is 0 Å². The van der Waals surface area contributed by atoms with Crippen LogP contribution < -0.4 is 5.32 Å². The predicted octanol–water partition coefficient (Wildman–Crippen LogP) is 5.06. The fourth-order valence-electron chi connectivity index (χ4n) is 5.64. The highest BCUT2D eigenvalue weighted by Gasteiger charge is 2.44. The lowest BCUT2D eigenvalue weighted by Crippen LogP contribution is -2.48. The molecule has 3 aliphatic rings. The minimum absolute atomic E-state index is 0.130. The molecule has 2 bridgehead atoms. The van der Waals surface area contributed by atoms with Crippen molar-refractivity contribution in [3.63, 3.8) is 0 Å². The van der Waals surface area contributed by atoms with E-state index >= 15 is 4.39 Å². The number of hydrogen-bond donors (Lipinski definition) is 2. The Hall–Kier alpha value is -2.47. The average molecular weight is 538 g/mol. The fraction of sp³-hybridized carbons (Fsp3) is 0.560. The van der Waals surface area contributed by atoms with Gasteiger partial charge in [0.05, 0.1) is 35.1 Å². The van der Waals surface area contributed by atoms with E-state index in [-0.39, 0.29) is 35.4 Å². The Morgan fingerprint density at radius 1 is 1.27 bits per heavy atom. The van der Waals surface area contributed by atoms with E-state index < -0.39 is 42.2 Å². The zero-order chi connectivity index (χ0) is 26.1. The number of imidazole rings is 1. The summed E-state index contributed by atoms with van der Waals surface area (Å²) < 4.78 is 56.2. The molecule has 1 unspecified atom stereocenters. The van der Waals surface area contributed by atoms with E-state index in [9.17, 15) is 13.9 Å². The third kappa shape index (κ3) is 4.45. The molecule has 1 saturated carbocycles. The molecule has 37 heavy (non-hydrogen) atoms. The van der Waals surface area contributed by atoms with E-state index in [1.807, 2.05) is 18.4 Å². The van der Waals surface area contributed by atoms with Crippen molar-refractivity contribution < 1.29 is 27.8 Å². The van der Waals surface area contributed by atoms with Crippen LogP contribution in [0.15, 0.2) is 18.3 Å². The Bertz CT molecular complexity index is 1350. The number of benzene rings is 1. The number of nitrogens with one attached hydrogen (secondary N) is 1. The highest BCUT2D eigenvalue weighted by Crippen LogP contribution is 2.45. The lowest BCUT2D eigenvalue weighted by atomic mass is 10.0. The maximum Gasteiger partial charge on any atom is 0.248 e. The summed E-state index contributed by atoms with van der Waals surface area (Å²) in [6, 6.07) is 2.50. The minimum Gasteiger partial charge on any atom is -0.388 e. The number of ether oxygens (including phenoxy) is 2. The third-order valence-electron chi connectivity index (χ3n) is 7.41. The Morgan fingerprint density at radius 2 is 2.08 bits per heavy atom. The van der Waals surface area contributed by atoms with Crippen LogP contribution in [0.1, 0.15) is 57.3 Å². The van der Waals surface area contributed by atoms with Gasteiger partial charge in [0.15, 0.2) is 12.1 Å². The molecule has 8 nitrogen and oxygen atoms in total. The summed E-state index contributed by atoms with van der Waals surface area (Å²) in [6.45, 7) is 4.15. The van der Waals surface area contributed by atoms with E-state index in [1.54, 1.807) is 6.07 Å². The molecular weight excluding hydrogens is 511 g/mol. The van der Waals surface area contributed by atoms with Crippen LogP contribution in [-0.4, -0.2) is 61.7 Å². The topological polar surface area (TPSA) is 94.3 Å². The number of fused-ring (bicyclic) bond motifs is 3. The van der Waals surface area contributed by atoms with E-state index in [1.165, 1.54) is 12.3 Å². The first kappa shape index (κ1) is 24.8. The van der Waals surface area contributed by atoms with Crippen LogP contribution in [0.2, 0.25) is 5.02 Å². The number of aliphatic hydroxyl groups is 1. The molecule has 1 aromatic carbocycles. The molecule has 3 aromatic rings. The first-order valence-corrected chi connectivity index (χ1v) is 12.8. The molecule has 4 heterocycles. The normalized spacial score (nSPS) is 28.9. The van der Waals surface area contributed by atoms with Crippen LogP contribution in [0.25, 0.3) is 22.3 Å². The summed E-state index contributed by atoms with van der Waals surface area (Å²) >= 11 is 6.43. The van der Waals surface area contributed by atoms with Crippen molar-refractivity contribution in [2.45, 2.75) is 82.0 Å². The standard InChI is InChI=1S/C25H27ClF3N5O3/c1-11(2)34-17-6-13(5-15(27)21(17)32-23(34)12-3-4-25(28,29)8-12)20-14(26)9-30-24(33-20)31-16-7-19-36-10-18(37-19)22(16)35/h5-6,9,11-12,16,18-19,22,35H,3-4,7-8,10H2,1-2H3,(H,30,31,33)/t12-,16?,18+,19+,22+/m1/s1. The maximum absolute atomic E-state index is 15.4. The monoisotopic (exact) mass is 537 g/mol. The highest BCUT2D eigenvalue weighted by atomic mass is 35.5. The molecule has 0 spiro atoms. The Kier molecular flexibility index (Phi) is 6.09. The van der Waals surface area contributed by atoms with Crippen molar-refractivity contribution in [2.24, 2.45) is 0 Å². The van der Waals surface area contributed by atoms with Crippen LogP contribution in [0, 0.1) is 5.82 Å². The first-order chi connectivity index (χ1) is 17.6. The first-order valence-electron chi connectivity index (χ1n) is 12.4. The molecule has 2 saturated heterocycles. The quantitative estimate of drug-likeness (QED) is 0.470. The second-order valence-electron chi connectivity index (χ2n) is 10.4. The van der Waals surface area contributed by atoms with Gasteiger partial charge in [-0.15, -0.1) is 0 Å². The number of aromatic nitrogens is 4. The average Bonchev–Trinajstić information content (AvgIpc) is 3.53. The SMILES string of the molecule is CC(C)n1c([C@@H]2CCC(F)(F)C2)nc2c(F)cc(-c3nc(NC4C[C@H]5OC[C@H](O5)[C@H]4O)ncc3Cl)cc21. The summed E-state index contributed by atoms with van der Waals surface area (Å²) in [5, 5.41) is 13.9. The second kappa shape index (κ2) is 9.07. The van der Waals surface area contributed by atoms with Crippen LogP contribution >= 0.6 is 11.6 Å². The van der Waals surface area contributed by atoms with Gasteiger partial charge in [-0.2, -0.15) is 0 Å². The number of nitrogens with zero attached hydrogens (tertiary/aromatic N) is 4. The Labute approximate surface area is 216 Å². The molecular formula is C25H27ClF3N5O3. The number of rotatable bonds is 5. The lowest BCUT2D eigenvalue weighted by molar-refractivity contribution is -0.123. The molecule has 0 radical (unpaired) electrons. The largest absolute Gasteiger partial charge is 0.388 e. The summed E-state index contributed by atoms with van der Waals surface area (Å²) in [4.78, 5) is 13.2. The molecule has 198 valence electrons. The van der Waals surface area contributed by atoms with E-state index in [2.05, 4.69) is 20.3 Å².